The standard InChI is InChI=1S/C15H26ClN3/c1-4-13-15(16)14(19(3)18-13)10-17-11(2)12-8-6-5-7-9-12/h11-12,17H,4-10H2,1-3H3. The number of halogens is 1. The van der Waals surface area contributed by atoms with Crippen molar-refractivity contribution in [2.24, 2.45) is 13.0 Å². The zero-order chi connectivity index (χ0) is 13.8. The second-order valence-electron chi connectivity index (χ2n) is 5.75. The molecule has 108 valence electrons. The Morgan fingerprint density at radius 3 is 2.63 bits per heavy atom. The Labute approximate surface area is 121 Å². The lowest BCUT2D eigenvalue weighted by Gasteiger charge is -2.28. The first-order valence-electron chi connectivity index (χ1n) is 7.57. The van der Waals surface area contributed by atoms with E-state index in [1.54, 1.807) is 0 Å². The van der Waals surface area contributed by atoms with E-state index in [0.29, 0.717) is 6.04 Å². The van der Waals surface area contributed by atoms with Crippen molar-refractivity contribution in [3.63, 3.8) is 0 Å². The Kier molecular flexibility index (Phi) is 5.28. The second kappa shape index (κ2) is 6.76. The molecule has 0 radical (unpaired) electrons. The molecule has 1 aromatic heterocycles. The molecule has 0 saturated heterocycles. The van der Waals surface area contributed by atoms with Crippen LogP contribution in [0, 0.1) is 5.92 Å². The Morgan fingerprint density at radius 2 is 2.05 bits per heavy atom. The first-order chi connectivity index (χ1) is 9.13. The van der Waals surface area contributed by atoms with Crippen molar-refractivity contribution >= 4 is 11.6 Å². The highest BCUT2D eigenvalue weighted by atomic mass is 35.5. The Bertz CT molecular complexity index is 408. The maximum absolute atomic E-state index is 6.38. The van der Waals surface area contributed by atoms with E-state index in [-0.39, 0.29) is 0 Å². The van der Waals surface area contributed by atoms with Crippen molar-refractivity contribution < 1.29 is 0 Å². The van der Waals surface area contributed by atoms with Gasteiger partial charge in [0.05, 0.1) is 16.4 Å². The van der Waals surface area contributed by atoms with Gasteiger partial charge in [-0.1, -0.05) is 37.8 Å². The fourth-order valence-corrected chi connectivity index (χ4v) is 3.43. The van der Waals surface area contributed by atoms with Gasteiger partial charge < -0.3 is 5.32 Å². The highest BCUT2D eigenvalue weighted by molar-refractivity contribution is 6.31. The lowest BCUT2D eigenvalue weighted by Crippen LogP contribution is -2.34. The molecule has 2 rings (SSSR count). The van der Waals surface area contributed by atoms with E-state index in [2.05, 4.69) is 24.3 Å². The molecule has 1 aliphatic rings. The van der Waals surface area contributed by atoms with E-state index in [4.69, 9.17) is 11.6 Å². The van der Waals surface area contributed by atoms with Crippen LogP contribution in [0.4, 0.5) is 0 Å². The minimum Gasteiger partial charge on any atom is -0.308 e. The van der Waals surface area contributed by atoms with Gasteiger partial charge in [-0.05, 0) is 32.1 Å². The summed E-state index contributed by atoms with van der Waals surface area (Å²) < 4.78 is 1.92. The molecule has 1 fully saturated rings. The molecule has 1 heterocycles. The van der Waals surface area contributed by atoms with Crippen molar-refractivity contribution in [3.8, 4) is 0 Å². The third kappa shape index (κ3) is 3.51. The Morgan fingerprint density at radius 1 is 1.37 bits per heavy atom. The summed E-state index contributed by atoms with van der Waals surface area (Å²) in [4.78, 5) is 0. The first-order valence-corrected chi connectivity index (χ1v) is 7.94. The molecule has 1 saturated carbocycles. The predicted octanol–water partition coefficient (Wildman–Crippen LogP) is 3.69. The number of nitrogens with zero attached hydrogens (tertiary/aromatic N) is 2. The molecule has 3 nitrogen and oxygen atoms in total. The molecule has 0 bridgehead atoms. The van der Waals surface area contributed by atoms with Gasteiger partial charge in [0.25, 0.3) is 0 Å². The van der Waals surface area contributed by atoms with Crippen LogP contribution in [0.5, 0.6) is 0 Å². The normalized spacial score (nSPS) is 18.7. The Hall–Kier alpha value is -0.540. The summed E-state index contributed by atoms with van der Waals surface area (Å²) in [5.41, 5.74) is 2.12. The highest BCUT2D eigenvalue weighted by Crippen LogP contribution is 2.27. The summed E-state index contributed by atoms with van der Waals surface area (Å²) in [5, 5.41) is 8.95. The third-order valence-corrected chi connectivity index (χ3v) is 4.89. The van der Waals surface area contributed by atoms with Gasteiger partial charge in [-0.15, -0.1) is 0 Å². The fourth-order valence-electron chi connectivity index (χ4n) is 3.07. The second-order valence-corrected chi connectivity index (χ2v) is 6.13. The van der Waals surface area contributed by atoms with E-state index >= 15 is 0 Å². The van der Waals surface area contributed by atoms with Crippen molar-refractivity contribution in [2.75, 3.05) is 0 Å². The lowest BCUT2D eigenvalue weighted by molar-refractivity contribution is 0.279. The number of aryl methyl sites for hydroxylation is 2. The number of hydrogen-bond acceptors (Lipinski definition) is 2. The maximum atomic E-state index is 6.38. The van der Waals surface area contributed by atoms with Gasteiger partial charge in [0.15, 0.2) is 0 Å². The van der Waals surface area contributed by atoms with Crippen LogP contribution in [-0.4, -0.2) is 15.8 Å². The van der Waals surface area contributed by atoms with Gasteiger partial charge in [-0.2, -0.15) is 5.10 Å². The number of hydrogen-bond donors (Lipinski definition) is 1. The molecular formula is C15H26ClN3. The smallest absolute Gasteiger partial charge is 0.0863 e. The summed E-state index contributed by atoms with van der Waals surface area (Å²) in [6.07, 6.45) is 7.83. The van der Waals surface area contributed by atoms with Gasteiger partial charge in [-0.25, -0.2) is 0 Å². The molecule has 1 aromatic rings. The molecule has 19 heavy (non-hydrogen) atoms. The van der Waals surface area contributed by atoms with Gasteiger partial charge in [0, 0.05) is 19.6 Å². The molecular weight excluding hydrogens is 258 g/mol. The highest BCUT2D eigenvalue weighted by Gasteiger charge is 2.20. The topological polar surface area (TPSA) is 29.9 Å². The molecule has 1 unspecified atom stereocenters. The number of rotatable bonds is 5. The molecule has 4 heteroatoms. The zero-order valence-corrected chi connectivity index (χ0v) is 13.1. The van der Waals surface area contributed by atoms with Crippen LogP contribution in [-0.2, 0) is 20.0 Å². The molecule has 1 aliphatic carbocycles. The van der Waals surface area contributed by atoms with Crippen LogP contribution in [0.2, 0.25) is 5.02 Å². The van der Waals surface area contributed by atoms with E-state index < -0.39 is 0 Å². The quantitative estimate of drug-likeness (QED) is 0.893. The Balaban J connectivity index is 1.92. The zero-order valence-electron chi connectivity index (χ0n) is 12.4. The average Bonchev–Trinajstić information content (AvgIpc) is 2.72. The van der Waals surface area contributed by atoms with Crippen LogP contribution in [0.15, 0.2) is 0 Å². The molecule has 0 aliphatic heterocycles. The van der Waals surface area contributed by atoms with E-state index in [0.717, 1.165) is 35.3 Å². The van der Waals surface area contributed by atoms with Crippen molar-refractivity contribution in [1.29, 1.82) is 0 Å². The van der Waals surface area contributed by atoms with Gasteiger partial charge in [0.1, 0.15) is 0 Å². The molecule has 0 amide bonds. The summed E-state index contributed by atoms with van der Waals surface area (Å²) in [6.45, 7) is 5.22. The van der Waals surface area contributed by atoms with E-state index in [9.17, 15) is 0 Å². The molecule has 1 atom stereocenters. The first kappa shape index (κ1) is 14.9. The monoisotopic (exact) mass is 283 g/mol. The number of aromatic nitrogens is 2. The SMILES string of the molecule is CCc1nn(C)c(CNC(C)C2CCCCC2)c1Cl. The van der Waals surface area contributed by atoms with Crippen molar-refractivity contribution in [1.82, 2.24) is 15.1 Å². The summed E-state index contributed by atoms with van der Waals surface area (Å²) in [7, 11) is 1.98. The van der Waals surface area contributed by atoms with Gasteiger partial charge in [-0.3, -0.25) is 4.68 Å². The minimum atomic E-state index is 0.566. The van der Waals surface area contributed by atoms with E-state index in [1.165, 1.54) is 32.1 Å². The number of nitrogens with one attached hydrogen (secondary N) is 1. The van der Waals surface area contributed by atoms with Crippen LogP contribution in [0.3, 0.4) is 0 Å². The van der Waals surface area contributed by atoms with Crippen LogP contribution >= 0.6 is 11.6 Å². The molecule has 0 aromatic carbocycles. The van der Waals surface area contributed by atoms with E-state index in [1.807, 2.05) is 11.7 Å². The lowest BCUT2D eigenvalue weighted by atomic mass is 9.84. The van der Waals surface area contributed by atoms with Crippen molar-refractivity contribution in [3.05, 3.63) is 16.4 Å². The largest absolute Gasteiger partial charge is 0.308 e. The summed E-state index contributed by atoms with van der Waals surface area (Å²) in [6, 6.07) is 0.566. The average molecular weight is 284 g/mol. The van der Waals surface area contributed by atoms with Crippen LogP contribution in [0.1, 0.15) is 57.3 Å². The fraction of sp³-hybridized carbons (Fsp3) is 0.800. The van der Waals surface area contributed by atoms with Crippen LogP contribution in [0.25, 0.3) is 0 Å². The minimum absolute atomic E-state index is 0.566. The maximum Gasteiger partial charge on any atom is 0.0863 e. The van der Waals surface area contributed by atoms with Gasteiger partial charge >= 0.3 is 0 Å². The predicted molar refractivity (Wildman–Crippen MR) is 80.5 cm³/mol. The molecule has 0 spiro atoms. The third-order valence-electron chi connectivity index (χ3n) is 4.45. The summed E-state index contributed by atoms with van der Waals surface area (Å²) >= 11 is 6.38. The molecule has 1 N–H and O–H groups in total. The summed E-state index contributed by atoms with van der Waals surface area (Å²) in [5.74, 6) is 0.825. The van der Waals surface area contributed by atoms with Crippen molar-refractivity contribution in [2.45, 2.75) is 65.0 Å². The van der Waals surface area contributed by atoms with Gasteiger partial charge in [0.2, 0.25) is 0 Å². The van der Waals surface area contributed by atoms with Crippen LogP contribution < -0.4 is 5.32 Å².